The fraction of sp³-hybridized carbons (Fsp3) is 0.136. The van der Waals surface area contributed by atoms with Crippen LogP contribution in [0.2, 0.25) is 0 Å². The van der Waals surface area contributed by atoms with E-state index < -0.39 is 16.6 Å². The van der Waals surface area contributed by atoms with Crippen LogP contribution < -0.4 is 20.5 Å². The van der Waals surface area contributed by atoms with E-state index in [-0.39, 0.29) is 0 Å². The van der Waals surface area contributed by atoms with Crippen molar-refractivity contribution >= 4 is 0 Å². The van der Waals surface area contributed by atoms with Crippen LogP contribution in [0, 0.1) is 0 Å². The Bertz CT molecular complexity index is 2690. The molecule has 0 radical (unpaired) electrons. The number of nitrogens with zero attached hydrogens (tertiary/aromatic N) is 2. The van der Waals surface area contributed by atoms with E-state index in [2.05, 4.69) is 310 Å². The molecule has 0 fully saturated rings. The van der Waals surface area contributed by atoms with E-state index in [9.17, 15) is 0 Å². The van der Waals surface area contributed by atoms with Crippen LogP contribution in [-0.4, -0.2) is 24.2 Å². The van der Waals surface area contributed by atoms with Gasteiger partial charge in [-0.05, 0) is 50.1 Å². The summed E-state index contributed by atoms with van der Waals surface area (Å²) in [5, 5.41) is 12.5. The summed E-state index contributed by atoms with van der Waals surface area (Å²) in [5.41, 5.74) is 9.08. The molecule has 0 amide bonds. The zero-order valence-corrected chi connectivity index (χ0v) is 40.3. The summed E-state index contributed by atoms with van der Waals surface area (Å²) in [5.74, 6) is 1.25. The van der Waals surface area contributed by atoms with Gasteiger partial charge >= 0.3 is 0 Å². The number of nitrogens with one attached hydrogen (secondary N) is 3. The Labute approximate surface area is 420 Å². The molecule has 5 heteroatoms. The lowest BCUT2D eigenvalue weighted by molar-refractivity contribution is -0.702. The molecule has 0 atom stereocenters. The lowest BCUT2D eigenvalue weighted by Crippen LogP contribution is -2.51. The second-order valence-corrected chi connectivity index (χ2v) is 18.2. The summed E-state index contributed by atoms with van der Waals surface area (Å²) in [7, 11) is 0. The first-order valence-corrected chi connectivity index (χ1v) is 25.0. The predicted octanol–water partition coefficient (Wildman–Crippen LogP) is 12.1. The average molecular weight is 925 g/mol. The van der Waals surface area contributed by atoms with Gasteiger partial charge in [-0.2, -0.15) is 0 Å². The molecule has 0 unspecified atom stereocenters. The van der Waals surface area contributed by atoms with E-state index in [0.717, 1.165) is 19.5 Å². The number of hydrogen-bond acceptors (Lipinski definition) is 3. The Morgan fingerprint density at radius 3 is 0.803 bits per heavy atom. The van der Waals surface area contributed by atoms with E-state index in [4.69, 9.17) is 0 Å². The third kappa shape index (κ3) is 9.69. The standard InChI is InChI=1S/C66H62N5/c1-10-28-54(29-11-1)64(55-30-12-2-13-31-55,56-32-14-3-15-33-56)67-47-46-63-70(50-48-68-65(57-34-16-4-17-35-57,58-36-18-5-19-37-58)59-38-20-6-21-39-59)52-53-71(63)51-49-69-66(60-40-22-7-23-41-60,61-42-24-8-25-43-61)62-44-26-9-27-45-62/h1-45,52-53,67-69H,46-51H2/q+1. The van der Waals surface area contributed by atoms with E-state index in [0.29, 0.717) is 19.6 Å². The Hall–Kier alpha value is -7.93. The van der Waals surface area contributed by atoms with Gasteiger partial charge in [-0.1, -0.05) is 273 Å². The minimum Gasteiger partial charge on any atom is -0.299 e. The molecule has 1 aromatic heterocycles. The Balaban J connectivity index is 1.02. The van der Waals surface area contributed by atoms with Gasteiger partial charge in [0.05, 0.1) is 23.0 Å². The van der Waals surface area contributed by atoms with Gasteiger partial charge in [0, 0.05) is 19.6 Å². The summed E-state index contributed by atoms with van der Waals surface area (Å²) >= 11 is 0. The van der Waals surface area contributed by atoms with E-state index in [1.54, 1.807) is 0 Å². The third-order valence-corrected chi connectivity index (χ3v) is 14.2. The molecule has 5 nitrogen and oxygen atoms in total. The van der Waals surface area contributed by atoms with E-state index in [1.165, 1.54) is 55.9 Å². The van der Waals surface area contributed by atoms with Gasteiger partial charge in [0.2, 0.25) is 0 Å². The maximum Gasteiger partial charge on any atom is 0.257 e. The van der Waals surface area contributed by atoms with Gasteiger partial charge in [-0.25, -0.2) is 9.13 Å². The number of aromatic nitrogens is 2. The Morgan fingerprint density at radius 1 is 0.296 bits per heavy atom. The molecule has 0 saturated heterocycles. The fourth-order valence-electron chi connectivity index (χ4n) is 10.9. The van der Waals surface area contributed by atoms with Crippen molar-refractivity contribution in [3.8, 4) is 0 Å². The van der Waals surface area contributed by atoms with Crippen molar-refractivity contribution < 1.29 is 4.57 Å². The third-order valence-electron chi connectivity index (χ3n) is 14.2. The average Bonchev–Trinajstić information content (AvgIpc) is 3.84. The second-order valence-electron chi connectivity index (χ2n) is 18.2. The van der Waals surface area contributed by atoms with Crippen molar-refractivity contribution in [2.75, 3.05) is 19.6 Å². The highest BCUT2D eigenvalue weighted by Crippen LogP contribution is 2.39. The summed E-state index contributed by atoms with van der Waals surface area (Å²) in [6.07, 6.45) is 5.34. The first-order valence-electron chi connectivity index (χ1n) is 25.0. The van der Waals surface area contributed by atoms with Gasteiger partial charge in [-0.3, -0.25) is 16.0 Å². The van der Waals surface area contributed by atoms with Gasteiger partial charge < -0.3 is 0 Å². The summed E-state index contributed by atoms with van der Waals surface area (Å²) in [6, 6.07) is 98.1. The van der Waals surface area contributed by atoms with Crippen molar-refractivity contribution in [1.82, 2.24) is 20.5 Å². The van der Waals surface area contributed by atoms with Crippen molar-refractivity contribution in [3.05, 3.63) is 341 Å². The topological polar surface area (TPSA) is 44.9 Å². The molecule has 350 valence electrons. The first kappa shape index (κ1) is 46.8. The lowest BCUT2D eigenvalue weighted by Gasteiger charge is -2.37. The summed E-state index contributed by atoms with van der Waals surface area (Å²) in [6.45, 7) is 3.66. The molecule has 0 spiro atoms. The van der Waals surface area contributed by atoms with Crippen LogP contribution in [0.15, 0.2) is 285 Å². The Morgan fingerprint density at radius 2 is 0.535 bits per heavy atom. The molecule has 3 N–H and O–H groups in total. The molecule has 9 aromatic carbocycles. The van der Waals surface area contributed by atoms with Gasteiger partial charge in [0.15, 0.2) is 0 Å². The maximum absolute atomic E-state index is 4.21. The number of hydrogen-bond donors (Lipinski definition) is 3. The van der Waals surface area contributed by atoms with Gasteiger partial charge in [0.25, 0.3) is 5.82 Å². The molecule has 10 aromatic rings. The molecule has 10 rings (SSSR count). The van der Waals surface area contributed by atoms with Gasteiger partial charge in [-0.15, -0.1) is 0 Å². The molecule has 0 aliphatic rings. The monoisotopic (exact) mass is 924 g/mol. The molecular weight excluding hydrogens is 863 g/mol. The SMILES string of the molecule is c1ccc(C(NCCc2n(CCNC(c3ccccc3)(c3ccccc3)c3ccccc3)cc[n+]2CCNC(c2ccccc2)(c2ccccc2)c2ccccc2)(c2ccccc2)c2ccccc2)cc1. The van der Waals surface area contributed by atoms with Crippen LogP contribution in [0.4, 0.5) is 0 Å². The predicted molar refractivity (Wildman–Crippen MR) is 290 cm³/mol. The molecule has 71 heavy (non-hydrogen) atoms. The molecule has 0 saturated carbocycles. The molecular formula is C66H62N5+. The van der Waals surface area contributed by atoms with Crippen LogP contribution in [0.1, 0.15) is 55.9 Å². The highest BCUT2D eigenvalue weighted by molar-refractivity contribution is 5.52. The van der Waals surface area contributed by atoms with E-state index in [1.807, 2.05) is 0 Å². The smallest absolute Gasteiger partial charge is 0.257 e. The quantitative estimate of drug-likeness (QED) is 0.0497. The van der Waals surface area contributed by atoms with Crippen LogP contribution in [0.3, 0.4) is 0 Å². The zero-order chi connectivity index (χ0) is 48.0. The second kappa shape index (κ2) is 22.2. The minimum atomic E-state index is -0.587. The van der Waals surface area contributed by atoms with Crippen molar-refractivity contribution in [2.45, 2.75) is 36.1 Å². The summed E-state index contributed by atoms with van der Waals surface area (Å²) < 4.78 is 4.93. The lowest BCUT2D eigenvalue weighted by atomic mass is 9.77. The number of rotatable bonds is 21. The highest BCUT2D eigenvalue weighted by Gasteiger charge is 2.39. The number of benzene rings is 9. The van der Waals surface area contributed by atoms with Crippen LogP contribution >= 0.6 is 0 Å². The van der Waals surface area contributed by atoms with Crippen LogP contribution in [-0.2, 0) is 36.1 Å². The molecule has 0 bridgehead atoms. The van der Waals surface area contributed by atoms with Gasteiger partial charge in [0.1, 0.15) is 25.5 Å². The van der Waals surface area contributed by atoms with Crippen LogP contribution in [0.5, 0.6) is 0 Å². The first-order chi connectivity index (χ1) is 35.2. The molecule has 0 aliphatic carbocycles. The van der Waals surface area contributed by atoms with E-state index >= 15 is 0 Å². The van der Waals surface area contributed by atoms with Crippen molar-refractivity contribution in [3.63, 3.8) is 0 Å². The summed E-state index contributed by atoms with van der Waals surface area (Å²) in [4.78, 5) is 0. The Kier molecular flexibility index (Phi) is 14.6. The highest BCUT2D eigenvalue weighted by atomic mass is 15.2. The molecule has 0 aliphatic heterocycles. The molecule has 1 heterocycles. The van der Waals surface area contributed by atoms with Crippen LogP contribution in [0.25, 0.3) is 0 Å². The zero-order valence-electron chi connectivity index (χ0n) is 40.3. The van der Waals surface area contributed by atoms with Crippen molar-refractivity contribution in [1.29, 1.82) is 0 Å². The number of imidazole rings is 1. The fourth-order valence-corrected chi connectivity index (χ4v) is 10.9. The maximum atomic E-state index is 4.21. The normalized spacial score (nSPS) is 11.9. The van der Waals surface area contributed by atoms with Crippen molar-refractivity contribution in [2.24, 2.45) is 0 Å². The largest absolute Gasteiger partial charge is 0.299 e. The minimum absolute atomic E-state index is 0.575.